The van der Waals surface area contributed by atoms with E-state index in [9.17, 15) is 19.3 Å². The van der Waals surface area contributed by atoms with Crippen molar-refractivity contribution < 1.29 is 33.0 Å². The van der Waals surface area contributed by atoms with E-state index in [0.29, 0.717) is 0 Å². The van der Waals surface area contributed by atoms with Gasteiger partial charge in [0.1, 0.15) is 18.4 Å². The molecule has 0 aliphatic carbocycles. The van der Waals surface area contributed by atoms with Gasteiger partial charge in [0.15, 0.2) is 0 Å². The molecule has 1 N–H and O–H groups in total. The maximum absolute atomic E-state index is 13.1. The second-order valence-electron chi connectivity index (χ2n) is 5.73. The molecular formula is C17H24NO7P. The first-order chi connectivity index (χ1) is 12.4. The van der Waals surface area contributed by atoms with Crippen molar-refractivity contribution in [2.75, 3.05) is 13.2 Å². The van der Waals surface area contributed by atoms with Gasteiger partial charge >= 0.3 is 19.7 Å². The zero-order valence-corrected chi connectivity index (χ0v) is 15.8. The van der Waals surface area contributed by atoms with E-state index in [4.69, 9.17) is 13.8 Å². The van der Waals surface area contributed by atoms with Crippen molar-refractivity contribution in [1.82, 2.24) is 4.90 Å². The highest BCUT2D eigenvalue weighted by Crippen LogP contribution is 2.58. The van der Waals surface area contributed by atoms with Crippen LogP contribution >= 0.6 is 7.60 Å². The molecule has 1 aliphatic heterocycles. The number of carboxylic acids is 1. The molecule has 0 bridgehead atoms. The second-order valence-corrected chi connectivity index (χ2v) is 7.93. The SMILES string of the molecule is CCOP(=O)(OCC)[C@H]1CC[C@@H](C(=O)O)N1C(=O)OCc1ccccc1. The van der Waals surface area contributed by atoms with Gasteiger partial charge in [0.05, 0.1) is 13.2 Å². The number of carbonyl (C=O) groups excluding carboxylic acids is 1. The minimum absolute atomic E-state index is 0.0111. The Morgan fingerprint density at radius 3 is 2.31 bits per heavy atom. The molecule has 0 spiro atoms. The first-order valence-corrected chi connectivity index (χ1v) is 10.1. The average Bonchev–Trinajstić information content (AvgIpc) is 3.07. The molecule has 1 aliphatic rings. The number of hydrogen-bond acceptors (Lipinski definition) is 6. The number of benzene rings is 1. The number of carboxylic acid groups (broad SMARTS) is 1. The third-order valence-corrected chi connectivity index (χ3v) is 6.51. The Kier molecular flexibility index (Phi) is 7.20. The molecule has 0 radical (unpaired) electrons. The standard InChI is InChI=1S/C17H24NO7P/c1-3-24-26(22,25-4-2)15-11-10-14(16(19)20)18(15)17(21)23-12-13-8-6-5-7-9-13/h5-9,14-15H,3-4,10-12H2,1-2H3,(H,19,20)/t14-,15-/m0/s1. The Hall–Kier alpha value is -1.89. The summed E-state index contributed by atoms with van der Waals surface area (Å²) in [6, 6.07) is 7.89. The van der Waals surface area contributed by atoms with Crippen LogP contribution < -0.4 is 0 Å². The van der Waals surface area contributed by atoms with E-state index in [2.05, 4.69) is 0 Å². The smallest absolute Gasteiger partial charge is 0.411 e. The number of aliphatic carboxylic acids is 1. The lowest BCUT2D eigenvalue weighted by atomic mass is 10.2. The van der Waals surface area contributed by atoms with Crippen molar-refractivity contribution in [1.29, 1.82) is 0 Å². The molecule has 2 atom stereocenters. The molecule has 2 rings (SSSR count). The first-order valence-electron chi connectivity index (χ1n) is 8.53. The van der Waals surface area contributed by atoms with E-state index < -0.39 is 31.5 Å². The van der Waals surface area contributed by atoms with Gasteiger partial charge in [-0.1, -0.05) is 30.3 Å². The van der Waals surface area contributed by atoms with Crippen LogP contribution in [0.15, 0.2) is 30.3 Å². The Morgan fingerprint density at radius 1 is 1.15 bits per heavy atom. The lowest BCUT2D eigenvalue weighted by Gasteiger charge is -2.31. The number of carbonyl (C=O) groups is 2. The molecule has 1 saturated heterocycles. The fraction of sp³-hybridized carbons (Fsp3) is 0.529. The molecule has 1 fully saturated rings. The molecule has 9 heteroatoms. The molecule has 0 aromatic heterocycles. The molecule has 0 unspecified atom stereocenters. The molecule has 1 amide bonds. The fourth-order valence-electron chi connectivity index (χ4n) is 2.96. The van der Waals surface area contributed by atoms with Crippen LogP contribution in [0.4, 0.5) is 4.79 Å². The molecule has 0 saturated carbocycles. The van der Waals surface area contributed by atoms with E-state index in [0.717, 1.165) is 10.5 Å². The Labute approximate surface area is 152 Å². The summed E-state index contributed by atoms with van der Waals surface area (Å²) in [5.74, 6) is -2.16. The molecule has 26 heavy (non-hydrogen) atoms. The second kappa shape index (κ2) is 9.16. The first kappa shape index (κ1) is 20.4. The summed E-state index contributed by atoms with van der Waals surface area (Å²) in [6.45, 7) is 3.56. The van der Waals surface area contributed by atoms with E-state index >= 15 is 0 Å². The van der Waals surface area contributed by atoms with E-state index in [1.165, 1.54) is 0 Å². The van der Waals surface area contributed by atoms with E-state index in [-0.39, 0.29) is 32.7 Å². The summed E-state index contributed by atoms with van der Waals surface area (Å²) >= 11 is 0. The summed E-state index contributed by atoms with van der Waals surface area (Å²) in [4.78, 5) is 25.2. The minimum Gasteiger partial charge on any atom is -0.480 e. The number of nitrogens with zero attached hydrogens (tertiary/aromatic N) is 1. The van der Waals surface area contributed by atoms with Gasteiger partial charge in [0.25, 0.3) is 0 Å². The predicted octanol–water partition coefficient (Wildman–Crippen LogP) is 3.46. The van der Waals surface area contributed by atoms with Crippen molar-refractivity contribution in [3.8, 4) is 0 Å². The predicted molar refractivity (Wildman–Crippen MR) is 93.8 cm³/mol. The highest BCUT2D eigenvalue weighted by atomic mass is 31.2. The van der Waals surface area contributed by atoms with Crippen LogP contribution in [0.3, 0.4) is 0 Å². The summed E-state index contributed by atoms with van der Waals surface area (Å²) in [5, 5.41) is 9.44. The molecule has 8 nitrogen and oxygen atoms in total. The Morgan fingerprint density at radius 2 is 1.77 bits per heavy atom. The lowest BCUT2D eigenvalue weighted by Crippen LogP contribution is -2.45. The maximum atomic E-state index is 13.1. The van der Waals surface area contributed by atoms with Crippen molar-refractivity contribution >= 4 is 19.7 Å². The van der Waals surface area contributed by atoms with Gasteiger partial charge < -0.3 is 18.9 Å². The summed E-state index contributed by atoms with van der Waals surface area (Å²) in [5.41, 5.74) is 0.765. The number of rotatable bonds is 8. The van der Waals surface area contributed by atoms with Gasteiger partial charge in [0, 0.05) is 0 Å². The van der Waals surface area contributed by atoms with Gasteiger partial charge in [-0.3, -0.25) is 9.46 Å². The average molecular weight is 385 g/mol. The summed E-state index contributed by atoms with van der Waals surface area (Å²) in [6.07, 6.45) is -0.484. The van der Waals surface area contributed by atoms with Crippen LogP contribution in [0.1, 0.15) is 32.3 Å². The summed E-state index contributed by atoms with van der Waals surface area (Å²) < 4.78 is 29.0. The van der Waals surface area contributed by atoms with Gasteiger partial charge in [-0.2, -0.15) is 0 Å². The number of hydrogen-bond donors (Lipinski definition) is 1. The van der Waals surface area contributed by atoms with Crippen molar-refractivity contribution in [2.24, 2.45) is 0 Å². The van der Waals surface area contributed by atoms with Crippen LogP contribution in [0.2, 0.25) is 0 Å². The number of ether oxygens (including phenoxy) is 1. The number of likely N-dealkylation sites (tertiary alicyclic amines) is 1. The van der Waals surface area contributed by atoms with Crippen LogP contribution in [0.5, 0.6) is 0 Å². The topological polar surface area (TPSA) is 102 Å². The van der Waals surface area contributed by atoms with Crippen LogP contribution in [0, 0.1) is 0 Å². The quantitative estimate of drug-likeness (QED) is 0.684. The third kappa shape index (κ3) is 4.63. The van der Waals surface area contributed by atoms with Gasteiger partial charge in [-0.15, -0.1) is 0 Å². The molecule has 1 aromatic rings. The maximum Gasteiger partial charge on any atom is 0.411 e. The Balaban J connectivity index is 2.21. The lowest BCUT2D eigenvalue weighted by molar-refractivity contribution is -0.141. The van der Waals surface area contributed by atoms with Crippen LogP contribution in [-0.4, -0.2) is 47.1 Å². The van der Waals surface area contributed by atoms with Crippen molar-refractivity contribution in [2.45, 2.75) is 45.1 Å². The zero-order chi connectivity index (χ0) is 19.2. The molecule has 1 heterocycles. The normalized spacial score (nSPS) is 20.2. The van der Waals surface area contributed by atoms with Gasteiger partial charge in [-0.25, -0.2) is 9.59 Å². The zero-order valence-electron chi connectivity index (χ0n) is 14.9. The van der Waals surface area contributed by atoms with E-state index in [1.54, 1.807) is 38.1 Å². The third-order valence-electron chi connectivity index (χ3n) is 4.04. The number of amides is 1. The monoisotopic (exact) mass is 385 g/mol. The minimum atomic E-state index is -3.69. The van der Waals surface area contributed by atoms with Crippen molar-refractivity contribution in [3.05, 3.63) is 35.9 Å². The molecule has 1 aromatic carbocycles. The largest absolute Gasteiger partial charge is 0.480 e. The fourth-order valence-corrected chi connectivity index (χ4v) is 5.12. The molecular weight excluding hydrogens is 361 g/mol. The van der Waals surface area contributed by atoms with Gasteiger partial charge in [0.2, 0.25) is 0 Å². The van der Waals surface area contributed by atoms with E-state index in [1.807, 2.05) is 6.07 Å². The van der Waals surface area contributed by atoms with Crippen LogP contribution in [0.25, 0.3) is 0 Å². The Bertz CT molecular complexity index is 656. The van der Waals surface area contributed by atoms with Gasteiger partial charge in [-0.05, 0) is 32.3 Å². The molecule has 144 valence electrons. The summed E-state index contributed by atoms with van der Waals surface area (Å²) in [7, 11) is -3.69. The highest BCUT2D eigenvalue weighted by molar-refractivity contribution is 7.54. The highest BCUT2D eigenvalue weighted by Gasteiger charge is 2.52. The van der Waals surface area contributed by atoms with Crippen molar-refractivity contribution in [3.63, 3.8) is 0 Å². The van der Waals surface area contributed by atoms with Crippen LogP contribution in [-0.2, 0) is 29.8 Å².